The number of para-hydroxylation sites is 1. The number of hydrogen-bond donors (Lipinski definition) is 3. The standard InChI is InChI=1S/C24H30N7O6P/c1-16(23(32)33)29-38(34,37-19-5-3-2-4-6-19)36-14-17-7-8-18(13-17)31-15-26-20-21(27-24(25)28-22(20)31)30-9-11-35-12-10-30/h2-8,15-18H,9-14H2,1H3,(H,29,34)(H,32,33)(H2,25,27,28)/t16-,17+,18-,38?/m0/s1. The molecule has 4 N–H and O–H groups in total. The molecule has 3 aromatic rings. The third-order valence-electron chi connectivity index (χ3n) is 6.39. The number of aliphatic carboxylic acids is 1. The number of rotatable bonds is 10. The maximum atomic E-state index is 13.5. The first-order valence-electron chi connectivity index (χ1n) is 12.3. The molecule has 202 valence electrons. The van der Waals surface area contributed by atoms with Crippen LogP contribution in [-0.4, -0.2) is 69.5 Å². The predicted octanol–water partition coefficient (Wildman–Crippen LogP) is 2.63. The number of carboxylic acid groups (broad SMARTS) is 1. The van der Waals surface area contributed by atoms with Crippen molar-refractivity contribution in [3.63, 3.8) is 0 Å². The molecule has 1 fully saturated rings. The summed E-state index contributed by atoms with van der Waals surface area (Å²) in [5.74, 6) is -0.116. The van der Waals surface area contributed by atoms with Crippen LogP contribution < -0.4 is 20.2 Å². The summed E-state index contributed by atoms with van der Waals surface area (Å²) in [7, 11) is -3.99. The number of anilines is 2. The van der Waals surface area contributed by atoms with Crippen LogP contribution in [0.1, 0.15) is 19.4 Å². The first kappa shape index (κ1) is 26.1. The number of hydrogen-bond acceptors (Lipinski definition) is 10. The lowest BCUT2D eigenvalue weighted by Crippen LogP contribution is -2.37. The van der Waals surface area contributed by atoms with E-state index in [-0.39, 0.29) is 24.5 Å². The van der Waals surface area contributed by atoms with Gasteiger partial charge in [0.2, 0.25) is 5.95 Å². The smallest absolute Gasteiger partial charge is 0.459 e. The molecule has 2 aliphatic rings. The summed E-state index contributed by atoms with van der Waals surface area (Å²) in [6.45, 7) is 4.04. The maximum absolute atomic E-state index is 13.5. The van der Waals surface area contributed by atoms with Crippen molar-refractivity contribution in [3.8, 4) is 5.75 Å². The Labute approximate surface area is 219 Å². The molecule has 38 heavy (non-hydrogen) atoms. The van der Waals surface area contributed by atoms with Crippen molar-refractivity contribution in [2.75, 3.05) is 43.5 Å². The zero-order valence-electron chi connectivity index (χ0n) is 20.8. The Kier molecular flexibility index (Phi) is 7.61. The molecule has 0 radical (unpaired) electrons. The van der Waals surface area contributed by atoms with Crippen molar-refractivity contribution in [3.05, 3.63) is 48.8 Å². The van der Waals surface area contributed by atoms with Gasteiger partial charge < -0.3 is 29.6 Å². The number of nitrogens with two attached hydrogens (primary N) is 1. The van der Waals surface area contributed by atoms with Crippen LogP contribution in [0.4, 0.5) is 11.8 Å². The minimum Gasteiger partial charge on any atom is -0.480 e. The van der Waals surface area contributed by atoms with Gasteiger partial charge in [-0.2, -0.15) is 15.1 Å². The highest BCUT2D eigenvalue weighted by atomic mass is 31.2. The van der Waals surface area contributed by atoms with Crippen LogP contribution in [0.15, 0.2) is 48.8 Å². The lowest BCUT2D eigenvalue weighted by molar-refractivity contribution is -0.138. The van der Waals surface area contributed by atoms with Crippen LogP contribution in [0, 0.1) is 5.92 Å². The quantitative estimate of drug-likeness (QED) is 0.253. The van der Waals surface area contributed by atoms with E-state index in [0.29, 0.717) is 55.5 Å². The van der Waals surface area contributed by atoms with Gasteiger partial charge in [0.05, 0.1) is 32.2 Å². The number of allylic oxidation sites excluding steroid dienone is 1. The minimum absolute atomic E-state index is 0.0548. The van der Waals surface area contributed by atoms with Crippen LogP contribution in [0.25, 0.3) is 11.2 Å². The molecule has 5 rings (SSSR count). The molecular formula is C24H30N7O6P. The molecule has 1 aliphatic heterocycles. The van der Waals surface area contributed by atoms with Crippen LogP contribution in [-0.2, 0) is 18.6 Å². The van der Waals surface area contributed by atoms with Gasteiger partial charge in [-0.25, -0.2) is 9.55 Å². The van der Waals surface area contributed by atoms with Crippen LogP contribution in [0.5, 0.6) is 5.75 Å². The number of carboxylic acids is 1. The van der Waals surface area contributed by atoms with Gasteiger partial charge in [0.1, 0.15) is 11.8 Å². The Morgan fingerprint density at radius 3 is 2.76 bits per heavy atom. The second-order valence-corrected chi connectivity index (χ2v) is 10.9. The Morgan fingerprint density at radius 2 is 2.03 bits per heavy atom. The van der Waals surface area contributed by atoms with E-state index < -0.39 is 19.8 Å². The van der Waals surface area contributed by atoms with Crippen LogP contribution in [0.3, 0.4) is 0 Å². The third-order valence-corrected chi connectivity index (χ3v) is 8.03. The van der Waals surface area contributed by atoms with Gasteiger partial charge in [-0.3, -0.25) is 9.32 Å². The van der Waals surface area contributed by atoms with E-state index in [2.05, 4.69) is 24.9 Å². The Morgan fingerprint density at radius 1 is 1.26 bits per heavy atom. The van der Waals surface area contributed by atoms with Gasteiger partial charge in [0, 0.05) is 19.0 Å². The minimum atomic E-state index is -3.99. The monoisotopic (exact) mass is 543 g/mol. The van der Waals surface area contributed by atoms with Crippen molar-refractivity contribution in [2.45, 2.75) is 25.4 Å². The SMILES string of the molecule is C[C@H](NP(=O)(OC[C@@H]1C=C[C@H](n2cnc3c(N4CCOCC4)nc(N)nc32)C1)Oc1ccccc1)C(=O)O. The first-order chi connectivity index (χ1) is 18.3. The summed E-state index contributed by atoms with van der Waals surface area (Å²) in [5.41, 5.74) is 7.35. The summed E-state index contributed by atoms with van der Waals surface area (Å²) in [5, 5.41) is 11.8. The zero-order chi connectivity index (χ0) is 26.7. The average Bonchev–Trinajstić information content (AvgIpc) is 3.55. The van der Waals surface area contributed by atoms with Gasteiger partial charge in [-0.15, -0.1) is 0 Å². The summed E-state index contributed by atoms with van der Waals surface area (Å²) >= 11 is 0. The Hall–Kier alpha value is -3.51. The highest BCUT2D eigenvalue weighted by Crippen LogP contribution is 2.46. The van der Waals surface area contributed by atoms with Gasteiger partial charge in [-0.1, -0.05) is 30.4 Å². The van der Waals surface area contributed by atoms with E-state index in [1.165, 1.54) is 6.92 Å². The number of nitrogen functional groups attached to an aromatic ring is 1. The number of nitrogens with zero attached hydrogens (tertiary/aromatic N) is 5. The molecule has 3 heterocycles. The van der Waals surface area contributed by atoms with Crippen LogP contribution >= 0.6 is 7.75 Å². The second kappa shape index (κ2) is 11.1. The van der Waals surface area contributed by atoms with Crippen molar-refractivity contribution in [2.24, 2.45) is 5.92 Å². The zero-order valence-corrected chi connectivity index (χ0v) is 21.7. The van der Waals surface area contributed by atoms with Crippen molar-refractivity contribution >= 4 is 36.6 Å². The van der Waals surface area contributed by atoms with Crippen molar-refractivity contribution in [1.82, 2.24) is 24.6 Å². The van der Waals surface area contributed by atoms with Gasteiger partial charge >= 0.3 is 13.7 Å². The van der Waals surface area contributed by atoms with Gasteiger partial charge in [-0.05, 0) is 25.5 Å². The van der Waals surface area contributed by atoms with E-state index in [1.54, 1.807) is 36.7 Å². The topological polar surface area (TPSA) is 167 Å². The van der Waals surface area contributed by atoms with Crippen LogP contribution in [0.2, 0.25) is 0 Å². The number of morpholine rings is 1. The van der Waals surface area contributed by atoms with Crippen molar-refractivity contribution in [1.29, 1.82) is 0 Å². The van der Waals surface area contributed by atoms with E-state index in [9.17, 15) is 14.5 Å². The largest absolute Gasteiger partial charge is 0.480 e. The number of ether oxygens (including phenoxy) is 1. The van der Waals surface area contributed by atoms with Crippen molar-refractivity contribution < 1.29 is 28.3 Å². The summed E-state index contributed by atoms with van der Waals surface area (Å²) < 4.78 is 32.2. The van der Waals surface area contributed by atoms with Gasteiger partial charge in [0.25, 0.3) is 0 Å². The highest BCUT2D eigenvalue weighted by Gasteiger charge is 2.33. The molecule has 1 unspecified atom stereocenters. The number of carbonyl (C=O) groups is 1. The first-order valence-corrected chi connectivity index (χ1v) is 13.9. The Balaban J connectivity index is 1.29. The fourth-order valence-corrected chi connectivity index (χ4v) is 5.99. The molecule has 0 bridgehead atoms. The van der Waals surface area contributed by atoms with E-state index in [0.717, 1.165) is 0 Å². The molecule has 2 aromatic heterocycles. The van der Waals surface area contributed by atoms with E-state index >= 15 is 0 Å². The van der Waals surface area contributed by atoms with E-state index in [4.69, 9.17) is 19.5 Å². The number of nitrogens with one attached hydrogen (secondary N) is 1. The summed E-state index contributed by atoms with van der Waals surface area (Å²) in [6, 6.07) is 7.26. The molecule has 0 saturated carbocycles. The predicted molar refractivity (Wildman–Crippen MR) is 140 cm³/mol. The molecule has 13 nitrogen and oxygen atoms in total. The fourth-order valence-electron chi connectivity index (χ4n) is 4.44. The summed E-state index contributed by atoms with van der Waals surface area (Å²) in [4.78, 5) is 27.0. The highest BCUT2D eigenvalue weighted by molar-refractivity contribution is 7.52. The van der Waals surface area contributed by atoms with Gasteiger partial charge in [0.15, 0.2) is 17.0 Å². The molecule has 1 aliphatic carbocycles. The molecule has 1 saturated heterocycles. The number of benzene rings is 1. The average molecular weight is 544 g/mol. The molecule has 0 spiro atoms. The Bertz CT molecular complexity index is 1360. The number of aromatic nitrogens is 4. The third kappa shape index (κ3) is 5.81. The fraction of sp³-hybridized carbons (Fsp3) is 0.417. The van der Waals surface area contributed by atoms with E-state index in [1.807, 2.05) is 16.7 Å². The molecule has 14 heteroatoms. The molecule has 1 aromatic carbocycles. The normalized spacial score (nSPS) is 21.9. The summed E-state index contributed by atoms with van der Waals surface area (Å²) in [6.07, 6.45) is 6.33. The molecular weight excluding hydrogens is 513 g/mol. The lowest BCUT2D eigenvalue weighted by atomic mass is 10.1. The second-order valence-electron chi connectivity index (χ2n) is 9.16. The number of fused-ring (bicyclic) bond motifs is 1. The maximum Gasteiger partial charge on any atom is 0.459 e. The molecule has 4 atom stereocenters. The molecule has 0 amide bonds. The number of imidazole rings is 1. The lowest BCUT2D eigenvalue weighted by Gasteiger charge is -2.27.